The Kier molecular flexibility index (Phi) is 5.34. The number of ether oxygens (including phenoxy) is 1. The lowest BCUT2D eigenvalue weighted by Gasteiger charge is -2.16. The van der Waals surface area contributed by atoms with E-state index in [0.717, 1.165) is 25.9 Å². The SMILES string of the molecule is CC(C)CCCOc1nc(NN)nc(N2CCCC2)n1. The van der Waals surface area contributed by atoms with Crippen LogP contribution in [-0.2, 0) is 0 Å². The molecule has 2 rings (SSSR count). The van der Waals surface area contributed by atoms with Crippen LogP contribution in [0.3, 0.4) is 0 Å². The van der Waals surface area contributed by atoms with Crippen molar-refractivity contribution < 1.29 is 4.74 Å². The first-order chi connectivity index (χ1) is 9.69. The molecule has 0 amide bonds. The molecule has 0 saturated carbocycles. The fourth-order valence-electron chi connectivity index (χ4n) is 2.19. The van der Waals surface area contributed by atoms with E-state index >= 15 is 0 Å². The summed E-state index contributed by atoms with van der Waals surface area (Å²) in [5, 5.41) is 0. The molecule has 1 aromatic heterocycles. The van der Waals surface area contributed by atoms with Crippen LogP contribution in [0.2, 0.25) is 0 Å². The second-order valence-corrected chi connectivity index (χ2v) is 5.46. The maximum absolute atomic E-state index is 5.61. The van der Waals surface area contributed by atoms with Crippen molar-refractivity contribution in [3.63, 3.8) is 0 Å². The van der Waals surface area contributed by atoms with E-state index in [2.05, 4.69) is 39.1 Å². The van der Waals surface area contributed by atoms with Gasteiger partial charge in [0.15, 0.2) is 0 Å². The summed E-state index contributed by atoms with van der Waals surface area (Å²) in [4.78, 5) is 14.9. The number of hydrogen-bond acceptors (Lipinski definition) is 7. The van der Waals surface area contributed by atoms with Crippen LogP contribution in [-0.4, -0.2) is 34.6 Å². The number of rotatable bonds is 7. The van der Waals surface area contributed by atoms with Gasteiger partial charge >= 0.3 is 6.01 Å². The molecular formula is C13H24N6O. The van der Waals surface area contributed by atoms with Crippen LogP contribution >= 0.6 is 0 Å². The average molecular weight is 280 g/mol. The van der Waals surface area contributed by atoms with Gasteiger partial charge in [0.25, 0.3) is 0 Å². The van der Waals surface area contributed by atoms with Gasteiger partial charge in [0, 0.05) is 13.1 Å². The molecule has 20 heavy (non-hydrogen) atoms. The van der Waals surface area contributed by atoms with Gasteiger partial charge in [-0.2, -0.15) is 15.0 Å². The summed E-state index contributed by atoms with van der Waals surface area (Å²) >= 11 is 0. The largest absolute Gasteiger partial charge is 0.463 e. The summed E-state index contributed by atoms with van der Waals surface area (Å²) in [6, 6.07) is 0.346. The number of hydrogen-bond donors (Lipinski definition) is 2. The molecule has 0 spiro atoms. The second kappa shape index (κ2) is 7.23. The predicted molar refractivity (Wildman–Crippen MR) is 78.7 cm³/mol. The van der Waals surface area contributed by atoms with Crippen LogP contribution in [0.15, 0.2) is 0 Å². The van der Waals surface area contributed by atoms with Gasteiger partial charge in [-0.1, -0.05) is 13.8 Å². The van der Waals surface area contributed by atoms with Gasteiger partial charge in [0.1, 0.15) is 0 Å². The summed E-state index contributed by atoms with van der Waals surface area (Å²) < 4.78 is 5.61. The number of anilines is 2. The fourth-order valence-corrected chi connectivity index (χ4v) is 2.19. The van der Waals surface area contributed by atoms with Crippen LogP contribution in [0.1, 0.15) is 39.5 Å². The number of nitrogens with two attached hydrogens (primary N) is 1. The van der Waals surface area contributed by atoms with E-state index in [-0.39, 0.29) is 0 Å². The van der Waals surface area contributed by atoms with Crippen molar-refractivity contribution in [2.45, 2.75) is 39.5 Å². The van der Waals surface area contributed by atoms with Crippen LogP contribution in [0.4, 0.5) is 11.9 Å². The predicted octanol–water partition coefficient (Wildman–Crippen LogP) is 1.57. The highest BCUT2D eigenvalue weighted by Gasteiger charge is 2.17. The standard InChI is InChI=1S/C13H24N6O/c1-10(2)6-5-9-20-13-16-11(18-14)15-12(17-13)19-7-3-4-8-19/h10H,3-9,14H2,1-2H3,(H,15,16,17,18). The fraction of sp³-hybridized carbons (Fsp3) is 0.769. The Morgan fingerprint density at radius 3 is 2.65 bits per heavy atom. The lowest BCUT2D eigenvalue weighted by Crippen LogP contribution is -2.23. The Labute approximate surface area is 119 Å². The molecule has 0 aromatic carbocycles. The first kappa shape index (κ1) is 14.8. The zero-order chi connectivity index (χ0) is 14.4. The maximum atomic E-state index is 5.61. The summed E-state index contributed by atoms with van der Waals surface area (Å²) in [5.74, 6) is 7.07. The maximum Gasteiger partial charge on any atom is 0.323 e. The molecule has 3 N–H and O–H groups in total. The number of nitrogens with one attached hydrogen (secondary N) is 1. The smallest absolute Gasteiger partial charge is 0.323 e. The number of aromatic nitrogens is 3. The summed E-state index contributed by atoms with van der Waals surface area (Å²) in [6.45, 7) is 6.96. The van der Waals surface area contributed by atoms with Gasteiger partial charge in [-0.15, -0.1) is 0 Å². The minimum atomic E-state index is 0.346. The molecule has 0 aliphatic carbocycles. The van der Waals surface area contributed by atoms with E-state index in [9.17, 15) is 0 Å². The van der Waals surface area contributed by atoms with E-state index in [1.165, 1.54) is 12.8 Å². The molecule has 1 aromatic rings. The van der Waals surface area contributed by atoms with Crippen molar-refractivity contribution in [1.29, 1.82) is 0 Å². The number of nitrogens with zero attached hydrogens (tertiary/aromatic N) is 4. The topological polar surface area (TPSA) is 89.2 Å². The van der Waals surface area contributed by atoms with E-state index in [0.29, 0.717) is 30.4 Å². The summed E-state index contributed by atoms with van der Waals surface area (Å²) in [7, 11) is 0. The molecule has 1 fully saturated rings. The zero-order valence-electron chi connectivity index (χ0n) is 12.3. The van der Waals surface area contributed by atoms with Crippen LogP contribution in [0.5, 0.6) is 6.01 Å². The molecule has 1 saturated heterocycles. The zero-order valence-corrected chi connectivity index (χ0v) is 12.3. The van der Waals surface area contributed by atoms with Crippen molar-refractivity contribution in [3.05, 3.63) is 0 Å². The third-order valence-corrected chi connectivity index (χ3v) is 3.28. The lowest BCUT2D eigenvalue weighted by atomic mass is 10.1. The molecular weight excluding hydrogens is 256 g/mol. The highest BCUT2D eigenvalue weighted by Crippen LogP contribution is 2.19. The van der Waals surface area contributed by atoms with Gasteiger partial charge in [-0.25, -0.2) is 5.84 Å². The molecule has 112 valence electrons. The third-order valence-electron chi connectivity index (χ3n) is 3.28. The average Bonchev–Trinajstić information content (AvgIpc) is 2.97. The first-order valence-electron chi connectivity index (χ1n) is 7.29. The molecule has 0 radical (unpaired) electrons. The molecule has 2 heterocycles. The van der Waals surface area contributed by atoms with Gasteiger partial charge in [0.05, 0.1) is 6.61 Å². The molecule has 1 aliphatic heterocycles. The van der Waals surface area contributed by atoms with E-state index in [4.69, 9.17) is 10.6 Å². The van der Waals surface area contributed by atoms with Crippen molar-refractivity contribution >= 4 is 11.9 Å². The Morgan fingerprint density at radius 1 is 1.25 bits per heavy atom. The quantitative estimate of drug-likeness (QED) is 0.445. The Morgan fingerprint density at radius 2 is 2.00 bits per heavy atom. The Bertz CT molecular complexity index is 419. The van der Waals surface area contributed by atoms with Crippen LogP contribution < -0.4 is 20.9 Å². The third kappa shape index (κ3) is 4.19. The van der Waals surface area contributed by atoms with Gasteiger partial charge in [-0.05, 0) is 31.6 Å². The molecule has 0 atom stereocenters. The van der Waals surface area contributed by atoms with Gasteiger partial charge in [0.2, 0.25) is 11.9 Å². The van der Waals surface area contributed by atoms with Crippen LogP contribution in [0.25, 0.3) is 0 Å². The highest BCUT2D eigenvalue weighted by atomic mass is 16.5. The van der Waals surface area contributed by atoms with Crippen LogP contribution in [0, 0.1) is 5.92 Å². The Hall–Kier alpha value is -1.63. The lowest BCUT2D eigenvalue weighted by molar-refractivity contribution is 0.275. The Balaban J connectivity index is 1.98. The molecule has 0 unspecified atom stereocenters. The second-order valence-electron chi connectivity index (χ2n) is 5.46. The molecule has 7 nitrogen and oxygen atoms in total. The van der Waals surface area contributed by atoms with Crippen molar-refractivity contribution in [3.8, 4) is 6.01 Å². The van der Waals surface area contributed by atoms with E-state index in [1.54, 1.807) is 0 Å². The molecule has 1 aliphatic rings. The van der Waals surface area contributed by atoms with E-state index in [1.807, 2.05) is 0 Å². The highest BCUT2D eigenvalue weighted by molar-refractivity contribution is 5.38. The number of nitrogen functional groups attached to an aromatic ring is 1. The summed E-state index contributed by atoms with van der Waals surface area (Å²) in [6.07, 6.45) is 4.46. The van der Waals surface area contributed by atoms with Crippen molar-refractivity contribution in [2.75, 3.05) is 30.0 Å². The minimum Gasteiger partial charge on any atom is -0.463 e. The van der Waals surface area contributed by atoms with E-state index < -0.39 is 0 Å². The molecule has 7 heteroatoms. The molecule has 0 bridgehead atoms. The summed E-state index contributed by atoms with van der Waals surface area (Å²) in [5.41, 5.74) is 2.47. The normalized spacial score (nSPS) is 14.9. The number of hydrazine groups is 1. The van der Waals surface area contributed by atoms with Crippen molar-refractivity contribution in [2.24, 2.45) is 11.8 Å². The monoisotopic (exact) mass is 280 g/mol. The van der Waals surface area contributed by atoms with Gasteiger partial charge < -0.3 is 9.64 Å². The van der Waals surface area contributed by atoms with Crippen molar-refractivity contribution in [1.82, 2.24) is 15.0 Å². The minimum absolute atomic E-state index is 0.346. The first-order valence-corrected chi connectivity index (χ1v) is 7.29. The van der Waals surface area contributed by atoms with Gasteiger partial charge in [-0.3, -0.25) is 5.43 Å².